The predicted octanol–water partition coefficient (Wildman–Crippen LogP) is 3.24. The number of benzene rings is 3. The Bertz CT molecular complexity index is 1090. The molecule has 0 aliphatic rings. The van der Waals surface area contributed by atoms with Gasteiger partial charge in [0, 0.05) is 24.9 Å². The number of carboxylic acids is 1. The molecular weight excluding hydrogens is 432 g/mol. The van der Waals surface area contributed by atoms with Crippen molar-refractivity contribution in [2.24, 2.45) is 0 Å². The van der Waals surface area contributed by atoms with Crippen molar-refractivity contribution in [2.45, 2.75) is 31.5 Å². The summed E-state index contributed by atoms with van der Waals surface area (Å²) in [5.41, 5.74) is 2.17. The number of hydrogen-bond acceptors (Lipinski definition) is 5. The monoisotopic (exact) mass is 460 g/mol. The smallest absolute Gasteiger partial charge is 0.326 e. The van der Waals surface area contributed by atoms with Gasteiger partial charge in [-0.15, -0.1) is 0 Å². The van der Waals surface area contributed by atoms with Gasteiger partial charge in [0.15, 0.2) is 5.78 Å². The maximum absolute atomic E-state index is 13.1. The molecule has 2 atom stereocenters. The molecule has 0 aliphatic carbocycles. The number of carboxylic acid groups (broad SMARTS) is 1. The van der Waals surface area contributed by atoms with E-state index in [1.54, 1.807) is 43.5 Å². The number of carbonyl (C=O) groups excluding carboxylic acids is 2. The molecule has 0 spiro atoms. The highest BCUT2D eigenvalue weighted by atomic mass is 16.5. The number of aliphatic carboxylic acids is 1. The average molecular weight is 461 g/mol. The Hall–Kier alpha value is -3.97. The Kier molecular flexibility index (Phi) is 8.94. The van der Waals surface area contributed by atoms with Crippen LogP contribution in [0.2, 0.25) is 0 Å². The number of hydrogen-bond donors (Lipinski definition) is 3. The summed E-state index contributed by atoms with van der Waals surface area (Å²) in [4.78, 5) is 37.9. The SMILES string of the molecule is COc1ccc(C(=O)C[C@@H](NCc2ccccc2)C(=O)N[C@@H](Cc2ccccc2)C(=O)O)cc1. The summed E-state index contributed by atoms with van der Waals surface area (Å²) in [6.07, 6.45) is 0.0163. The van der Waals surface area contributed by atoms with Gasteiger partial charge in [0.1, 0.15) is 11.8 Å². The maximum atomic E-state index is 13.1. The molecule has 0 saturated heterocycles. The first-order valence-electron chi connectivity index (χ1n) is 11.0. The second-order valence-corrected chi connectivity index (χ2v) is 7.86. The lowest BCUT2D eigenvalue weighted by Gasteiger charge is -2.21. The van der Waals surface area contributed by atoms with E-state index >= 15 is 0 Å². The van der Waals surface area contributed by atoms with Crippen LogP contribution >= 0.6 is 0 Å². The van der Waals surface area contributed by atoms with Crippen molar-refractivity contribution >= 4 is 17.7 Å². The fraction of sp³-hybridized carbons (Fsp3) is 0.222. The molecule has 0 bridgehead atoms. The third-order valence-corrected chi connectivity index (χ3v) is 5.41. The average Bonchev–Trinajstić information content (AvgIpc) is 2.87. The highest BCUT2D eigenvalue weighted by molar-refractivity contribution is 6.00. The topological polar surface area (TPSA) is 105 Å². The standard InChI is InChI=1S/C27H28N2O5/c1-34-22-14-12-21(13-15-22)25(30)17-23(28-18-20-10-6-3-7-11-20)26(31)29-24(27(32)33)16-19-8-4-2-5-9-19/h2-15,23-24,28H,16-18H2,1H3,(H,29,31)(H,32,33)/t23-,24+/m1/s1. The van der Waals surface area contributed by atoms with Crippen molar-refractivity contribution in [3.63, 3.8) is 0 Å². The molecule has 0 aliphatic heterocycles. The summed E-state index contributed by atoms with van der Waals surface area (Å²) >= 11 is 0. The molecule has 0 unspecified atom stereocenters. The van der Waals surface area contributed by atoms with E-state index in [2.05, 4.69) is 10.6 Å². The zero-order valence-corrected chi connectivity index (χ0v) is 18.9. The zero-order valence-electron chi connectivity index (χ0n) is 18.9. The molecule has 3 N–H and O–H groups in total. The molecule has 7 nitrogen and oxygen atoms in total. The minimum absolute atomic E-state index is 0.122. The van der Waals surface area contributed by atoms with E-state index in [-0.39, 0.29) is 18.6 Å². The van der Waals surface area contributed by atoms with E-state index in [1.807, 2.05) is 48.5 Å². The van der Waals surface area contributed by atoms with Crippen LogP contribution in [0.5, 0.6) is 5.75 Å². The Labute approximate surface area is 198 Å². The van der Waals surface area contributed by atoms with Gasteiger partial charge in [-0.05, 0) is 35.4 Å². The fourth-order valence-corrected chi connectivity index (χ4v) is 3.50. The predicted molar refractivity (Wildman–Crippen MR) is 129 cm³/mol. The number of ketones is 1. The van der Waals surface area contributed by atoms with E-state index < -0.39 is 24.0 Å². The molecule has 0 aromatic heterocycles. The van der Waals surface area contributed by atoms with Crippen LogP contribution in [0.25, 0.3) is 0 Å². The van der Waals surface area contributed by atoms with Crippen LogP contribution < -0.4 is 15.4 Å². The van der Waals surface area contributed by atoms with Crippen LogP contribution in [0.4, 0.5) is 0 Å². The van der Waals surface area contributed by atoms with Gasteiger partial charge < -0.3 is 20.5 Å². The quantitative estimate of drug-likeness (QED) is 0.359. The van der Waals surface area contributed by atoms with Crippen molar-refractivity contribution in [1.29, 1.82) is 0 Å². The second kappa shape index (κ2) is 12.3. The number of methoxy groups -OCH3 is 1. The number of nitrogens with one attached hydrogen (secondary N) is 2. The Morgan fingerprint density at radius 2 is 1.41 bits per heavy atom. The number of rotatable bonds is 12. The van der Waals surface area contributed by atoms with Crippen molar-refractivity contribution in [1.82, 2.24) is 10.6 Å². The number of ether oxygens (including phenoxy) is 1. The van der Waals surface area contributed by atoms with Gasteiger partial charge in [-0.3, -0.25) is 9.59 Å². The summed E-state index contributed by atoms with van der Waals surface area (Å²) < 4.78 is 5.13. The minimum atomic E-state index is -1.14. The number of Topliss-reactive ketones (excluding diaryl/α,β-unsaturated/α-hetero) is 1. The summed E-state index contributed by atoms with van der Waals surface area (Å²) in [5, 5.41) is 15.4. The lowest BCUT2D eigenvalue weighted by atomic mass is 10.0. The maximum Gasteiger partial charge on any atom is 0.326 e. The van der Waals surface area contributed by atoms with Crippen molar-refractivity contribution in [3.05, 3.63) is 102 Å². The normalized spacial score (nSPS) is 12.4. The molecule has 7 heteroatoms. The van der Waals surface area contributed by atoms with Gasteiger partial charge in [-0.25, -0.2) is 4.79 Å². The molecule has 0 heterocycles. The number of amides is 1. The molecule has 3 aromatic rings. The molecule has 1 amide bonds. The van der Waals surface area contributed by atoms with E-state index in [1.165, 1.54) is 0 Å². The minimum Gasteiger partial charge on any atom is -0.497 e. The molecule has 3 rings (SSSR count). The van der Waals surface area contributed by atoms with Crippen LogP contribution in [0, 0.1) is 0 Å². The van der Waals surface area contributed by atoms with Crippen LogP contribution in [0.3, 0.4) is 0 Å². The number of carbonyl (C=O) groups is 3. The Balaban J connectivity index is 1.74. The van der Waals surface area contributed by atoms with Crippen LogP contribution in [-0.2, 0) is 22.6 Å². The first-order valence-corrected chi connectivity index (χ1v) is 11.0. The Morgan fingerprint density at radius 3 is 1.97 bits per heavy atom. The van der Waals surface area contributed by atoms with E-state index in [0.717, 1.165) is 11.1 Å². The van der Waals surface area contributed by atoms with E-state index in [0.29, 0.717) is 17.9 Å². The van der Waals surface area contributed by atoms with Gasteiger partial charge in [0.05, 0.1) is 13.2 Å². The summed E-state index contributed by atoms with van der Waals surface area (Å²) in [6, 6.07) is 23.2. The highest BCUT2D eigenvalue weighted by Crippen LogP contribution is 2.14. The third-order valence-electron chi connectivity index (χ3n) is 5.41. The zero-order chi connectivity index (χ0) is 24.3. The second-order valence-electron chi connectivity index (χ2n) is 7.86. The molecular formula is C27H28N2O5. The first-order chi connectivity index (χ1) is 16.5. The van der Waals surface area contributed by atoms with Crippen LogP contribution in [0.15, 0.2) is 84.9 Å². The summed E-state index contributed by atoms with van der Waals surface area (Å²) in [5.74, 6) is -1.29. The van der Waals surface area contributed by atoms with Gasteiger partial charge >= 0.3 is 5.97 Å². The van der Waals surface area contributed by atoms with Crippen molar-refractivity contribution in [3.8, 4) is 5.75 Å². The lowest BCUT2D eigenvalue weighted by Crippen LogP contribution is -2.51. The van der Waals surface area contributed by atoms with E-state index in [9.17, 15) is 19.5 Å². The molecule has 3 aromatic carbocycles. The van der Waals surface area contributed by atoms with Gasteiger partial charge in [0.2, 0.25) is 5.91 Å². The van der Waals surface area contributed by atoms with Crippen molar-refractivity contribution < 1.29 is 24.2 Å². The first kappa shape index (κ1) is 24.7. The van der Waals surface area contributed by atoms with E-state index in [4.69, 9.17) is 4.74 Å². The van der Waals surface area contributed by atoms with Gasteiger partial charge in [-0.1, -0.05) is 60.7 Å². The van der Waals surface area contributed by atoms with Crippen LogP contribution in [0.1, 0.15) is 27.9 Å². The largest absolute Gasteiger partial charge is 0.497 e. The summed E-state index contributed by atoms with van der Waals surface area (Å²) in [6.45, 7) is 0.352. The molecule has 0 saturated carbocycles. The van der Waals surface area contributed by atoms with Crippen LogP contribution in [-0.4, -0.2) is 42.0 Å². The third kappa shape index (κ3) is 7.28. The van der Waals surface area contributed by atoms with Gasteiger partial charge in [0.25, 0.3) is 0 Å². The fourth-order valence-electron chi connectivity index (χ4n) is 3.50. The molecule has 0 fully saturated rings. The van der Waals surface area contributed by atoms with Gasteiger partial charge in [-0.2, -0.15) is 0 Å². The molecule has 176 valence electrons. The lowest BCUT2D eigenvalue weighted by molar-refractivity contribution is -0.142. The molecule has 34 heavy (non-hydrogen) atoms. The molecule has 0 radical (unpaired) electrons. The van der Waals surface area contributed by atoms with Crippen molar-refractivity contribution in [2.75, 3.05) is 7.11 Å². The Morgan fingerprint density at radius 1 is 0.824 bits per heavy atom. The summed E-state index contributed by atoms with van der Waals surface area (Å²) in [7, 11) is 1.54. The highest BCUT2D eigenvalue weighted by Gasteiger charge is 2.27.